The van der Waals surface area contributed by atoms with E-state index in [1.807, 2.05) is 14.0 Å². The van der Waals surface area contributed by atoms with Crippen LogP contribution >= 0.6 is 11.6 Å². The molecule has 5 nitrogen and oxygen atoms in total. The topological polar surface area (TPSA) is 63.1 Å². The van der Waals surface area contributed by atoms with Crippen molar-refractivity contribution in [1.82, 2.24) is 9.88 Å². The third kappa shape index (κ3) is 4.00. The lowest BCUT2D eigenvalue weighted by molar-refractivity contribution is 0.601. The minimum absolute atomic E-state index is 0.234. The van der Waals surface area contributed by atoms with Gasteiger partial charge in [-0.05, 0) is 30.8 Å². The molecule has 114 valence electrons. The van der Waals surface area contributed by atoms with Crippen LogP contribution in [0.2, 0.25) is 5.02 Å². The van der Waals surface area contributed by atoms with Crippen molar-refractivity contribution in [2.24, 2.45) is 7.05 Å². The second kappa shape index (κ2) is 6.51. The standard InChI is InChI=1S/C14H18ClN3O2S/c1-3-16-9-13-8-14(10-18(13)2)21(19,20)17-12-6-4-5-11(15)7-12/h4-8,10,16-17H,3,9H2,1-2H3. The first-order valence-corrected chi connectivity index (χ1v) is 8.43. The lowest BCUT2D eigenvalue weighted by atomic mass is 10.3. The van der Waals surface area contributed by atoms with Crippen LogP contribution in [0.3, 0.4) is 0 Å². The number of benzene rings is 1. The molecular formula is C14H18ClN3O2S. The zero-order chi connectivity index (χ0) is 15.5. The number of aromatic nitrogens is 1. The summed E-state index contributed by atoms with van der Waals surface area (Å²) in [4.78, 5) is 0.234. The summed E-state index contributed by atoms with van der Waals surface area (Å²) in [5, 5.41) is 3.66. The van der Waals surface area contributed by atoms with Gasteiger partial charge in [-0.2, -0.15) is 0 Å². The molecule has 1 heterocycles. The Morgan fingerprint density at radius 2 is 2.05 bits per heavy atom. The van der Waals surface area contributed by atoms with E-state index < -0.39 is 10.0 Å². The van der Waals surface area contributed by atoms with Gasteiger partial charge in [0.2, 0.25) is 0 Å². The van der Waals surface area contributed by atoms with Gasteiger partial charge < -0.3 is 9.88 Å². The fourth-order valence-corrected chi connectivity index (χ4v) is 3.25. The summed E-state index contributed by atoms with van der Waals surface area (Å²) in [6, 6.07) is 8.28. The second-order valence-corrected chi connectivity index (χ2v) is 6.79. The van der Waals surface area contributed by atoms with Crippen molar-refractivity contribution in [3.63, 3.8) is 0 Å². The first-order chi connectivity index (χ1) is 9.92. The highest BCUT2D eigenvalue weighted by atomic mass is 35.5. The summed E-state index contributed by atoms with van der Waals surface area (Å²) in [5.74, 6) is 0. The van der Waals surface area contributed by atoms with E-state index in [9.17, 15) is 8.42 Å². The molecule has 0 saturated carbocycles. The summed E-state index contributed by atoms with van der Waals surface area (Å²) in [6.45, 7) is 3.45. The predicted molar refractivity (Wildman–Crippen MR) is 85.1 cm³/mol. The molecule has 21 heavy (non-hydrogen) atoms. The van der Waals surface area contributed by atoms with Crippen LogP contribution in [0.5, 0.6) is 0 Å². The number of rotatable bonds is 6. The number of hydrogen-bond donors (Lipinski definition) is 2. The van der Waals surface area contributed by atoms with Crippen LogP contribution in [-0.2, 0) is 23.6 Å². The van der Waals surface area contributed by atoms with Crippen molar-refractivity contribution in [3.05, 3.63) is 47.2 Å². The highest BCUT2D eigenvalue weighted by molar-refractivity contribution is 7.92. The monoisotopic (exact) mass is 327 g/mol. The SMILES string of the molecule is CCNCc1cc(S(=O)(=O)Nc2cccc(Cl)c2)cn1C. The number of anilines is 1. The zero-order valence-electron chi connectivity index (χ0n) is 11.9. The summed E-state index contributed by atoms with van der Waals surface area (Å²) < 4.78 is 29.1. The number of hydrogen-bond acceptors (Lipinski definition) is 3. The molecule has 0 aliphatic rings. The summed E-state index contributed by atoms with van der Waals surface area (Å²) in [6.07, 6.45) is 1.60. The molecule has 0 fully saturated rings. The first-order valence-electron chi connectivity index (χ1n) is 6.56. The number of sulfonamides is 1. The van der Waals surface area contributed by atoms with Gasteiger partial charge in [-0.25, -0.2) is 8.42 Å². The third-order valence-electron chi connectivity index (χ3n) is 3.03. The van der Waals surface area contributed by atoms with Crippen molar-refractivity contribution in [1.29, 1.82) is 0 Å². The van der Waals surface area contributed by atoms with Gasteiger partial charge in [0.15, 0.2) is 0 Å². The van der Waals surface area contributed by atoms with Crippen LogP contribution in [0.1, 0.15) is 12.6 Å². The molecule has 0 radical (unpaired) electrons. The molecule has 1 aromatic carbocycles. The molecular weight excluding hydrogens is 310 g/mol. The van der Waals surface area contributed by atoms with Crippen LogP contribution in [0, 0.1) is 0 Å². The molecule has 0 unspecified atom stereocenters. The number of nitrogens with one attached hydrogen (secondary N) is 2. The summed E-state index contributed by atoms with van der Waals surface area (Å²) in [7, 11) is -1.79. The number of aryl methyl sites for hydroxylation is 1. The Morgan fingerprint density at radius 3 is 2.71 bits per heavy atom. The quantitative estimate of drug-likeness (QED) is 0.857. The lowest BCUT2D eigenvalue weighted by Crippen LogP contribution is -2.14. The van der Waals surface area contributed by atoms with Crippen LogP contribution in [0.4, 0.5) is 5.69 Å². The van der Waals surface area contributed by atoms with E-state index in [1.165, 1.54) is 0 Å². The summed E-state index contributed by atoms with van der Waals surface area (Å²) in [5.41, 5.74) is 1.35. The molecule has 0 amide bonds. The van der Waals surface area contributed by atoms with Crippen LogP contribution in [-0.4, -0.2) is 19.5 Å². The van der Waals surface area contributed by atoms with E-state index in [-0.39, 0.29) is 4.90 Å². The van der Waals surface area contributed by atoms with Gasteiger partial charge in [-0.15, -0.1) is 0 Å². The molecule has 0 aliphatic heterocycles. The maximum Gasteiger partial charge on any atom is 0.263 e. The Balaban J connectivity index is 2.23. The molecule has 7 heteroatoms. The van der Waals surface area contributed by atoms with Crippen LogP contribution in [0.15, 0.2) is 41.4 Å². The minimum atomic E-state index is -3.61. The Morgan fingerprint density at radius 1 is 1.29 bits per heavy atom. The maximum absolute atomic E-state index is 12.4. The average molecular weight is 328 g/mol. The molecule has 0 bridgehead atoms. The normalized spacial score (nSPS) is 11.6. The van der Waals surface area contributed by atoms with Crippen molar-refractivity contribution < 1.29 is 8.42 Å². The molecule has 0 saturated heterocycles. The van der Waals surface area contributed by atoms with Crippen molar-refractivity contribution in [3.8, 4) is 0 Å². The van der Waals surface area contributed by atoms with E-state index >= 15 is 0 Å². The van der Waals surface area contributed by atoms with Gasteiger partial charge >= 0.3 is 0 Å². The molecule has 0 spiro atoms. The minimum Gasteiger partial charge on any atom is -0.352 e. The Kier molecular flexibility index (Phi) is 4.92. The Hall–Kier alpha value is -1.50. The predicted octanol–water partition coefficient (Wildman–Crippen LogP) is 2.59. The molecule has 2 rings (SSSR count). The van der Waals surface area contributed by atoms with Gasteiger partial charge in [-0.3, -0.25) is 4.72 Å². The fraction of sp³-hybridized carbons (Fsp3) is 0.286. The third-order valence-corrected chi connectivity index (χ3v) is 4.61. The van der Waals surface area contributed by atoms with E-state index in [1.54, 1.807) is 41.1 Å². The Bertz CT molecular complexity index is 726. The fourth-order valence-electron chi connectivity index (χ4n) is 1.92. The molecule has 2 aromatic rings. The number of nitrogens with zero attached hydrogens (tertiary/aromatic N) is 1. The van der Waals surface area contributed by atoms with E-state index in [0.29, 0.717) is 17.3 Å². The Labute approximate surface area is 130 Å². The van der Waals surface area contributed by atoms with E-state index in [2.05, 4.69) is 10.0 Å². The molecule has 0 aliphatic carbocycles. The largest absolute Gasteiger partial charge is 0.352 e. The lowest BCUT2D eigenvalue weighted by Gasteiger charge is -2.06. The van der Waals surface area contributed by atoms with Crippen LogP contribution in [0.25, 0.3) is 0 Å². The van der Waals surface area contributed by atoms with Crippen molar-refractivity contribution in [2.45, 2.75) is 18.4 Å². The zero-order valence-corrected chi connectivity index (χ0v) is 13.5. The highest BCUT2D eigenvalue weighted by Crippen LogP contribution is 2.20. The summed E-state index contributed by atoms with van der Waals surface area (Å²) >= 11 is 5.86. The molecule has 1 aromatic heterocycles. The smallest absolute Gasteiger partial charge is 0.263 e. The van der Waals surface area contributed by atoms with Gasteiger partial charge in [0.25, 0.3) is 10.0 Å². The molecule has 0 atom stereocenters. The van der Waals surface area contributed by atoms with Gasteiger partial charge in [0.05, 0.1) is 5.69 Å². The number of halogens is 1. The van der Waals surface area contributed by atoms with Gasteiger partial charge in [0, 0.05) is 30.5 Å². The first kappa shape index (κ1) is 15.9. The van der Waals surface area contributed by atoms with E-state index in [4.69, 9.17) is 11.6 Å². The average Bonchev–Trinajstić information content (AvgIpc) is 2.78. The van der Waals surface area contributed by atoms with Crippen molar-refractivity contribution in [2.75, 3.05) is 11.3 Å². The highest BCUT2D eigenvalue weighted by Gasteiger charge is 2.17. The second-order valence-electron chi connectivity index (χ2n) is 4.67. The maximum atomic E-state index is 12.4. The van der Waals surface area contributed by atoms with Crippen molar-refractivity contribution >= 4 is 27.3 Å². The molecule has 2 N–H and O–H groups in total. The van der Waals surface area contributed by atoms with Gasteiger partial charge in [0.1, 0.15) is 4.90 Å². The van der Waals surface area contributed by atoms with Crippen LogP contribution < -0.4 is 10.0 Å². The van der Waals surface area contributed by atoms with Gasteiger partial charge in [-0.1, -0.05) is 24.6 Å². The van der Waals surface area contributed by atoms with E-state index in [0.717, 1.165) is 12.2 Å².